The fourth-order valence-electron chi connectivity index (χ4n) is 1.95. The minimum absolute atomic E-state index is 0.534. The van der Waals surface area contributed by atoms with Crippen LogP contribution in [0.1, 0.15) is 18.1 Å². The summed E-state index contributed by atoms with van der Waals surface area (Å²) in [4.78, 5) is 0. The number of aliphatic hydroxyl groups is 1. The van der Waals surface area contributed by atoms with E-state index < -0.39 is 5.60 Å². The number of hydrogen-bond donors (Lipinski definition) is 2. The first-order chi connectivity index (χ1) is 8.68. The summed E-state index contributed by atoms with van der Waals surface area (Å²) in [6, 6.07) is 19.9. The molecule has 0 bridgehead atoms. The van der Waals surface area contributed by atoms with Gasteiger partial charge < -0.3 is 10.4 Å². The summed E-state index contributed by atoms with van der Waals surface area (Å²) < 4.78 is 0. The smallest absolute Gasteiger partial charge is 0.0992 e. The van der Waals surface area contributed by atoms with Gasteiger partial charge in [0.05, 0.1) is 5.60 Å². The van der Waals surface area contributed by atoms with Crippen LogP contribution >= 0.6 is 0 Å². The molecule has 2 N–H and O–H groups in total. The summed E-state index contributed by atoms with van der Waals surface area (Å²) in [7, 11) is 0. The normalized spacial score (nSPS) is 14.1. The van der Waals surface area contributed by atoms with Gasteiger partial charge in [-0.1, -0.05) is 60.7 Å². The van der Waals surface area contributed by atoms with Crippen molar-refractivity contribution in [3.63, 3.8) is 0 Å². The Labute approximate surface area is 108 Å². The molecule has 18 heavy (non-hydrogen) atoms. The van der Waals surface area contributed by atoms with Crippen molar-refractivity contribution in [2.45, 2.75) is 19.1 Å². The van der Waals surface area contributed by atoms with Gasteiger partial charge in [0.15, 0.2) is 0 Å². The number of rotatable bonds is 5. The summed E-state index contributed by atoms with van der Waals surface area (Å²) in [6.45, 7) is 3.13. The third-order valence-corrected chi connectivity index (χ3v) is 3.04. The van der Waals surface area contributed by atoms with Gasteiger partial charge in [0.25, 0.3) is 0 Å². The van der Waals surface area contributed by atoms with Gasteiger partial charge >= 0.3 is 0 Å². The molecule has 94 valence electrons. The quantitative estimate of drug-likeness (QED) is 0.843. The van der Waals surface area contributed by atoms with Crippen molar-refractivity contribution in [2.75, 3.05) is 6.54 Å². The Morgan fingerprint density at radius 1 is 0.944 bits per heavy atom. The van der Waals surface area contributed by atoms with E-state index >= 15 is 0 Å². The number of nitrogens with one attached hydrogen (secondary N) is 1. The van der Waals surface area contributed by atoms with Crippen LogP contribution in [0.3, 0.4) is 0 Å². The lowest BCUT2D eigenvalue weighted by molar-refractivity contribution is 0.0567. The highest BCUT2D eigenvalue weighted by Gasteiger charge is 2.21. The van der Waals surface area contributed by atoms with E-state index in [-0.39, 0.29) is 0 Å². The molecule has 2 nitrogen and oxygen atoms in total. The van der Waals surface area contributed by atoms with E-state index in [2.05, 4.69) is 17.4 Å². The summed E-state index contributed by atoms with van der Waals surface area (Å²) in [6.07, 6.45) is 0. The highest BCUT2D eigenvalue weighted by atomic mass is 16.3. The summed E-state index contributed by atoms with van der Waals surface area (Å²) >= 11 is 0. The molecule has 0 unspecified atom stereocenters. The molecule has 0 saturated heterocycles. The van der Waals surface area contributed by atoms with Gasteiger partial charge in [0.1, 0.15) is 0 Å². The molecule has 1 atom stereocenters. The zero-order valence-corrected chi connectivity index (χ0v) is 10.6. The molecule has 0 aliphatic rings. The first-order valence-electron chi connectivity index (χ1n) is 6.21. The zero-order chi connectivity index (χ0) is 12.8. The van der Waals surface area contributed by atoms with Crippen molar-refractivity contribution in [3.05, 3.63) is 71.8 Å². The first-order valence-corrected chi connectivity index (χ1v) is 6.21. The van der Waals surface area contributed by atoms with Crippen molar-refractivity contribution in [3.8, 4) is 0 Å². The van der Waals surface area contributed by atoms with E-state index in [4.69, 9.17) is 0 Å². The Morgan fingerprint density at radius 2 is 1.50 bits per heavy atom. The highest BCUT2D eigenvalue weighted by molar-refractivity contribution is 5.22. The average Bonchev–Trinajstić information content (AvgIpc) is 2.41. The van der Waals surface area contributed by atoms with E-state index in [9.17, 15) is 5.11 Å². The molecule has 0 fully saturated rings. The summed E-state index contributed by atoms with van der Waals surface area (Å²) in [5.74, 6) is 0. The third-order valence-electron chi connectivity index (χ3n) is 3.04. The molecule has 0 spiro atoms. The van der Waals surface area contributed by atoms with Crippen molar-refractivity contribution < 1.29 is 5.11 Å². The van der Waals surface area contributed by atoms with Gasteiger partial charge in [-0.3, -0.25) is 0 Å². The van der Waals surface area contributed by atoms with Gasteiger partial charge in [-0.25, -0.2) is 0 Å². The van der Waals surface area contributed by atoms with Gasteiger partial charge in [-0.2, -0.15) is 0 Å². The molecule has 0 radical (unpaired) electrons. The van der Waals surface area contributed by atoms with Crippen molar-refractivity contribution in [2.24, 2.45) is 0 Å². The summed E-state index contributed by atoms with van der Waals surface area (Å²) in [5.41, 5.74) is 1.32. The highest BCUT2D eigenvalue weighted by Crippen LogP contribution is 2.18. The van der Waals surface area contributed by atoms with Crippen LogP contribution in [-0.4, -0.2) is 11.7 Å². The largest absolute Gasteiger partial charge is 0.384 e. The lowest BCUT2D eigenvalue weighted by Crippen LogP contribution is -2.35. The van der Waals surface area contributed by atoms with Crippen LogP contribution in [0.5, 0.6) is 0 Å². The van der Waals surface area contributed by atoms with E-state index in [1.165, 1.54) is 5.56 Å². The lowest BCUT2D eigenvalue weighted by Gasteiger charge is -2.24. The molecule has 2 aromatic carbocycles. The summed E-state index contributed by atoms with van der Waals surface area (Å²) in [5, 5.41) is 13.7. The molecule has 0 saturated carbocycles. The molecule has 0 aliphatic heterocycles. The minimum atomic E-state index is -0.837. The average molecular weight is 241 g/mol. The van der Waals surface area contributed by atoms with Crippen LogP contribution in [0.25, 0.3) is 0 Å². The second-order valence-corrected chi connectivity index (χ2v) is 4.73. The standard InChI is InChI=1S/C16H19NO/c1-16(18,15-10-6-3-7-11-15)13-17-12-14-8-4-2-5-9-14/h2-11,17-18H,12-13H2,1H3/t16-/m0/s1. The van der Waals surface area contributed by atoms with Crippen LogP contribution in [0.15, 0.2) is 60.7 Å². The molecule has 2 heteroatoms. The predicted molar refractivity (Wildman–Crippen MR) is 74.2 cm³/mol. The topological polar surface area (TPSA) is 32.3 Å². The van der Waals surface area contributed by atoms with Gasteiger partial charge in [0, 0.05) is 13.1 Å². The maximum Gasteiger partial charge on any atom is 0.0992 e. The lowest BCUT2D eigenvalue weighted by atomic mass is 9.96. The van der Waals surface area contributed by atoms with Crippen molar-refractivity contribution in [1.29, 1.82) is 0 Å². The Bertz CT molecular complexity index is 465. The maximum atomic E-state index is 10.4. The number of hydrogen-bond acceptors (Lipinski definition) is 2. The third kappa shape index (κ3) is 3.42. The fourth-order valence-corrected chi connectivity index (χ4v) is 1.95. The predicted octanol–water partition coefficient (Wildman–Crippen LogP) is 2.68. The molecule has 0 heterocycles. The van der Waals surface area contributed by atoms with E-state index in [0.29, 0.717) is 6.54 Å². The monoisotopic (exact) mass is 241 g/mol. The molecular weight excluding hydrogens is 222 g/mol. The van der Waals surface area contributed by atoms with Crippen LogP contribution in [0.4, 0.5) is 0 Å². The van der Waals surface area contributed by atoms with Gasteiger partial charge in [-0.05, 0) is 18.1 Å². The number of benzene rings is 2. The van der Waals surface area contributed by atoms with E-state index in [0.717, 1.165) is 12.1 Å². The zero-order valence-electron chi connectivity index (χ0n) is 10.6. The molecule has 2 aromatic rings. The molecule has 2 rings (SSSR count). The molecule has 0 aromatic heterocycles. The van der Waals surface area contributed by atoms with E-state index in [1.807, 2.05) is 55.5 Å². The van der Waals surface area contributed by atoms with Crippen LogP contribution in [0.2, 0.25) is 0 Å². The SMILES string of the molecule is C[C@](O)(CNCc1ccccc1)c1ccccc1. The second kappa shape index (κ2) is 5.80. The first kappa shape index (κ1) is 12.8. The van der Waals surface area contributed by atoms with Crippen LogP contribution in [0, 0.1) is 0 Å². The fraction of sp³-hybridized carbons (Fsp3) is 0.250. The molecule has 0 aliphatic carbocycles. The van der Waals surface area contributed by atoms with Crippen LogP contribution < -0.4 is 5.32 Å². The van der Waals surface area contributed by atoms with Gasteiger partial charge in [-0.15, -0.1) is 0 Å². The second-order valence-electron chi connectivity index (χ2n) is 4.73. The Kier molecular flexibility index (Phi) is 4.13. The Morgan fingerprint density at radius 3 is 2.11 bits per heavy atom. The van der Waals surface area contributed by atoms with Crippen molar-refractivity contribution in [1.82, 2.24) is 5.32 Å². The molecule has 0 amide bonds. The Balaban J connectivity index is 1.90. The maximum absolute atomic E-state index is 10.4. The van der Waals surface area contributed by atoms with Gasteiger partial charge in [0.2, 0.25) is 0 Å². The molecular formula is C16H19NO. The minimum Gasteiger partial charge on any atom is -0.384 e. The van der Waals surface area contributed by atoms with E-state index in [1.54, 1.807) is 0 Å². The van der Waals surface area contributed by atoms with Crippen molar-refractivity contribution >= 4 is 0 Å². The Hall–Kier alpha value is -1.64. The van der Waals surface area contributed by atoms with Crippen LogP contribution in [-0.2, 0) is 12.1 Å².